The first-order chi connectivity index (χ1) is 13.6. The summed E-state index contributed by atoms with van der Waals surface area (Å²) in [7, 11) is 0. The number of carbonyl (C=O) groups is 1. The summed E-state index contributed by atoms with van der Waals surface area (Å²) in [5.74, 6) is 0.0144. The molecule has 0 N–H and O–H groups in total. The van der Waals surface area contributed by atoms with Crippen LogP contribution in [0.2, 0.25) is 0 Å². The second-order valence-electron chi connectivity index (χ2n) is 6.57. The third-order valence-corrected chi connectivity index (χ3v) is 4.91. The molecule has 142 valence electrons. The van der Waals surface area contributed by atoms with Gasteiger partial charge in [0.2, 0.25) is 0 Å². The van der Waals surface area contributed by atoms with Gasteiger partial charge in [-0.15, -0.1) is 0 Å². The molecule has 0 atom stereocenters. The lowest BCUT2D eigenvalue weighted by atomic mass is 10.1. The Labute approximate surface area is 161 Å². The van der Waals surface area contributed by atoms with Gasteiger partial charge in [-0.2, -0.15) is 0 Å². The molecule has 1 fully saturated rings. The zero-order valence-electron chi connectivity index (χ0n) is 15.1. The van der Waals surface area contributed by atoms with Crippen LogP contribution in [0.15, 0.2) is 67.3 Å². The Morgan fingerprint density at radius 3 is 2.14 bits per heavy atom. The van der Waals surface area contributed by atoms with Crippen molar-refractivity contribution < 1.29 is 9.72 Å². The minimum Gasteiger partial charge on any atom is -0.368 e. The highest BCUT2D eigenvalue weighted by molar-refractivity contribution is 5.94. The third kappa shape index (κ3) is 3.57. The molecule has 8 heteroatoms. The molecule has 2 aromatic carbocycles. The number of nitro groups is 1. The summed E-state index contributed by atoms with van der Waals surface area (Å²) in [4.78, 5) is 31.1. The van der Waals surface area contributed by atoms with E-state index in [0.29, 0.717) is 31.7 Å². The van der Waals surface area contributed by atoms with Crippen LogP contribution in [-0.2, 0) is 0 Å². The summed E-state index contributed by atoms with van der Waals surface area (Å²) in [6, 6.07) is 14.0. The van der Waals surface area contributed by atoms with Crippen molar-refractivity contribution in [1.82, 2.24) is 14.5 Å². The topological polar surface area (TPSA) is 84.5 Å². The normalized spacial score (nSPS) is 14.1. The van der Waals surface area contributed by atoms with Crippen molar-refractivity contribution in [3.63, 3.8) is 0 Å². The predicted molar refractivity (Wildman–Crippen MR) is 105 cm³/mol. The molecule has 0 aliphatic carbocycles. The van der Waals surface area contributed by atoms with Gasteiger partial charge in [-0.3, -0.25) is 14.9 Å². The number of nitro benzene ring substituents is 1. The first kappa shape index (κ1) is 17.7. The Morgan fingerprint density at radius 1 is 0.929 bits per heavy atom. The predicted octanol–water partition coefficient (Wildman–Crippen LogP) is 2.74. The number of hydrogen-bond donors (Lipinski definition) is 0. The zero-order chi connectivity index (χ0) is 19.5. The van der Waals surface area contributed by atoms with Crippen LogP contribution in [0, 0.1) is 10.1 Å². The molecule has 1 aromatic heterocycles. The number of hydrogen-bond acceptors (Lipinski definition) is 5. The van der Waals surface area contributed by atoms with Gasteiger partial charge >= 0.3 is 0 Å². The molecule has 0 saturated carbocycles. The third-order valence-electron chi connectivity index (χ3n) is 4.91. The highest BCUT2D eigenvalue weighted by Crippen LogP contribution is 2.21. The van der Waals surface area contributed by atoms with E-state index in [1.54, 1.807) is 24.7 Å². The average molecular weight is 377 g/mol. The minimum absolute atomic E-state index is 0.0144. The van der Waals surface area contributed by atoms with Crippen LogP contribution in [-0.4, -0.2) is 51.5 Å². The van der Waals surface area contributed by atoms with Gasteiger partial charge in [0.15, 0.2) is 0 Å². The van der Waals surface area contributed by atoms with Gasteiger partial charge in [0.05, 0.1) is 11.3 Å². The van der Waals surface area contributed by atoms with Gasteiger partial charge < -0.3 is 14.4 Å². The SMILES string of the molecule is O=C(c1ccc(-n2ccnc2)cc1)N1CCN(c2ccc([N+](=O)[O-])cc2)CC1. The number of rotatable bonds is 4. The van der Waals surface area contributed by atoms with Gasteiger partial charge in [0.25, 0.3) is 11.6 Å². The maximum Gasteiger partial charge on any atom is 0.269 e. The number of anilines is 1. The van der Waals surface area contributed by atoms with E-state index in [1.807, 2.05) is 39.9 Å². The minimum atomic E-state index is -0.404. The van der Waals surface area contributed by atoms with E-state index in [1.165, 1.54) is 12.1 Å². The highest BCUT2D eigenvalue weighted by atomic mass is 16.6. The van der Waals surface area contributed by atoms with E-state index < -0.39 is 4.92 Å². The second kappa shape index (κ2) is 7.51. The summed E-state index contributed by atoms with van der Waals surface area (Å²) >= 11 is 0. The van der Waals surface area contributed by atoms with E-state index in [-0.39, 0.29) is 11.6 Å². The van der Waals surface area contributed by atoms with Gasteiger partial charge in [0.1, 0.15) is 0 Å². The molecule has 4 rings (SSSR count). The Bertz CT molecular complexity index is 960. The number of imidazole rings is 1. The van der Waals surface area contributed by atoms with Crippen LogP contribution >= 0.6 is 0 Å². The molecule has 1 amide bonds. The van der Waals surface area contributed by atoms with Crippen molar-refractivity contribution >= 4 is 17.3 Å². The Balaban J connectivity index is 1.38. The highest BCUT2D eigenvalue weighted by Gasteiger charge is 2.22. The van der Waals surface area contributed by atoms with Gasteiger partial charge in [0, 0.05) is 67.6 Å². The number of amides is 1. The van der Waals surface area contributed by atoms with E-state index in [0.717, 1.165) is 11.4 Å². The Hall–Kier alpha value is -3.68. The van der Waals surface area contributed by atoms with Gasteiger partial charge in [-0.1, -0.05) is 0 Å². The largest absolute Gasteiger partial charge is 0.368 e. The zero-order valence-corrected chi connectivity index (χ0v) is 15.1. The van der Waals surface area contributed by atoms with Crippen molar-refractivity contribution in [2.24, 2.45) is 0 Å². The average Bonchev–Trinajstić information content (AvgIpc) is 3.28. The summed E-state index contributed by atoms with van der Waals surface area (Å²) in [5, 5.41) is 10.8. The fraction of sp³-hybridized carbons (Fsp3) is 0.200. The smallest absolute Gasteiger partial charge is 0.269 e. The standard InChI is InChI=1S/C20H19N5O3/c26-20(16-1-3-18(4-2-16)24-10-9-21-15-24)23-13-11-22(12-14-23)17-5-7-19(8-6-17)25(27)28/h1-10,15H,11-14H2. The van der Waals surface area contributed by atoms with E-state index in [9.17, 15) is 14.9 Å². The molecule has 3 aromatic rings. The number of aromatic nitrogens is 2. The molecular formula is C20H19N5O3. The fourth-order valence-electron chi connectivity index (χ4n) is 3.32. The molecule has 8 nitrogen and oxygen atoms in total. The second-order valence-corrected chi connectivity index (χ2v) is 6.57. The van der Waals surface area contributed by atoms with E-state index in [4.69, 9.17) is 0 Å². The van der Waals surface area contributed by atoms with E-state index >= 15 is 0 Å². The van der Waals surface area contributed by atoms with Gasteiger partial charge in [-0.05, 0) is 36.4 Å². The summed E-state index contributed by atoms with van der Waals surface area (Å²) in [6.07, 6.45) is 5.28. The van der Waals surface area contributed by atoms with Crippen molar-refractivity contribution in [3.05, 3.63) is 82.9 Å². The maximum absolute atomic E-state index is 12.8. The number of carbonyl (C=O) groups excluding carboxylic acids is 1. The van der Waals surface area contributed by atoms with Crippen LogP contribution in [0.1, 0.15) is 10.4 Å². The summed E-state index contributed by atoms with van der Waals surface area (Å²) in [5.41, 5.74) is 2.63. The summed E-state index contributed by atoms with van der Waals surface area (Å²) in [6.45, 7) is 2.60. The first-order valence-electron chi connectivity index (χ1n) is 8.99. The maximum atomic E-state index is 12.8. The van der Waals surface area contributed by atoms with Gasteiger partial charge in [-0.25, -0.2) is 4.98 Å². The lowest BCUT2D eigenvalue weighted by Gasteiger charge is -2.36. The lowest BCUT2D eigenvalue weighted by Crippen LogP contribution is -2.48. The van der Waals surface area contributed by atoms with Crippen molar-refractivity contribution in [1.29, 1.82) is 0 Å². The molecule has 1 aliphatic rings. The molecule has 28 heavy (non-hydrogen) atoms. The molecule has 0 spiro atoms. The number of benzene rings is 2. The number of piperazine rings is 1. The van der Waals surface area contributed by atoms with Crippen LogP contribution in [0.3, 0.4) is 0 Å². The van der Waals surface area contributed by atoms with Crippen LogP contribution < -0.4 is 4.90 Å². The molecule has 0 bridgehead atoms. The summed E-state index contributed by atoms with van der Waals surface area (Å²) < 4.78 is 1.89. The molecular weight excluding hydrogens is 358 g/mol. The van der Waals surface area contributed by atoms with Crippen LogP contribution in [0.4, 0.5) is 11.4 Å². The quantitative estimate of drug-likeness (QED) is 0.516. The van der Waals surface area contributed by atoms with Crippen LogP contribution in [0.5, 0.6) is 0 Å². The van der Waals surface area contributed by atoms with Crippen molar-refractivity contribution in [2.45, 2.75) is 0 Å². The van der Waals surface area contributed by atoms with Crippen molar-refractivity contribution in [2.75, 3.05) is 31.1 Å². The van der Waals surface area contributed by atoms with E-state index in [2.05, 4.69) is 9.88 Å². The Kier molecular flexibility index (Phi) is 4.76. The number of nitrogens with zero attached hydrogens (tertiary/aromatic N) is 5. The first-order valence-corrected chi connectivity index (χ1v) is 8.99. The lowest BCUT2D eigenvalue weighted by molar-refractivity contribution is -0.384. The fourth-order valence-corrected chi connectivity index (χ4v) is 3.32. The van der Waals surface area contributed by atoms with Crippen LogP contribution in [0.25, 0.3) is 5.69 Å². The molecule has 1 saturated heterocycles. The molecule has 0 radical (unpaired) electrons. The number of non-ortho nitro benzene ring substituents is 1. The molecule has 1 aliphatic heterocycles. The molecule has 0 unspecified atom stereocenters. The molecule has 2 heterocycles. The monoisotopic (exact) mass is 377 g/mol. The van der Waals surface area contributed by atoms with Crippen molar-refractivity contribution in [3.8, 4) is 5.69 Å². The Morgan fingerprint density at radius 2 is 1.57 bits per heavy atom.